The molecular formula is C20H25ClN4O3. The van der Waals surface area contributed by atoms with Crippen LogP contribution in [-0.4, -0.2) is 46.3 Å². The summed E-state index contributed by atoms with van der Waals surface area (Å²) in [6, 6.07) is 5.78. The minimum Gasteiger partial charge on any atom is -0.454 e. The summed E-state index contributed by atoms with van der Waals surface area (Å²) in [4.78, 5) is 20.0. The molecule has 2 aliphatic heterocycles. The predicted molar refractivity (Wildman–Crippen MR) is 106 cm³/mol. The highest BCUT2D eigenvalue weighted by Crippen LogP contribution is 2.56. The lowest BCUT2D eigenvalue weighted by Gasteiger charge is -2.29. The second kappa shape index (κ2) is 7.29. The lowest BCUT2D eigenvalue weighted by Crippen LogP contribution is -2.39. The summed E-state index contributed by atoms with van der Waals surface area (Å²) >= 11 is 0. The molecule has 1 amide bonds. The molecule has 3 heterocycles. The van der Waals surface area contributed by atoms with Crippen LogP contribution in [-0.2, 0) is 13.6 Å². The van der Waals surface area contributed by atoms with Crippen molar-refractivity contribution >= 4 is 18.3 Å². The van der Waals surface area contributed by atoms with Gasteiger partial charge in [-0.3, -0.25) is 4.79 Å². The van der Waals surface area contributed by atoms with Gasteiger partial charge in [-0.15, -0.1) is 12.4 Å². The summed E-state index contributed by atoms with van der Waals surface area (Å²) in [7, 11) is 1.97. The number of carbonyl (C=O) groups excluding carboxylic acids is 1. The number of benzene rings is 1. The van der Waals surface area contributed by atoms with E-state index in [4.69, 9.17) is 9.47 Å². The fraction of sp³-hybridized carbons (Fsp3) is 0.500. The first kappa shape index (κ1) is 19.1. The third-order valence-corrected chi connectivity index (χ3v) is 6.24. The fourth-order valence-corrected chi connectivity index (χ4v) is 4.51. The number of nitrogens with one attached hydrogen (secondary N) is 1. The summed E-state index contributed by atoms with van der Waals surface area (Å²) in [6.07, 6.45) is 7.00. The van der Waals surface area contributed by atoms with E-state index in [0.717, 1.165) is 38.2 Å². The summed E-state index contributed by atoms with van der Waals surface area (Å²) in [5.74, 6) is 2.10. The fourth-order valence-electron chi connectivity index (χ4n) is 4.51. The Kier molecular flexibility index (Phi) is 4.97. The van der Waals surface area contributed by atoms with Crippen molar-refractivity contribution in [2.75, 3.05) is 19.9 Å². The zero-order chi connectivity index (χ0) is 18.4. The van der Waals surface area contributed by atoms with Crippen LogP contribution in [0.3, 0.4) is 0 Å². The Hall–Kier alpha value is -2.25. The summed E-state index contributed by atoms with van der Waals surface area (Å²) in [5, 5.41) is 3.43. The number of imidazole rings is 1. The molecule has 5 rings (SSSR count). The molecule has 0 bridgehead atoms. The number of nitrogens with zero attached hydrogens (tertiary/aromatic N) is 3. The van der Waals surface area contributed by atoms with E-state index in [-0.39, 0.29) is 36.6 Å². The Morgan fingerprint density at radius 3 is 2.93 bits per heavy atom. The highest BCUT2D eigenvalue weighted by molar-refractivity contribution is 5.98. The van der Waals surface area contributed by atoms with Gasteiger partial charge in [0.2, 0.25) is 6.79 Å². The minimum absolute atomic E-state index is 0. The van der Waals surface area contributed by atoms with Gasteiger partial charge < -0.3 is 24.3 Å². The second-order valence-electron chi connectivity index (χ2n) is 7.76. The van der Waals surface area contributed by atoms with Crippen molar-refractivity contribution in [1.82, 2.24) is 19.8 Å². The van der Waals surface area contributed by atoms with Crippen LogP contribution < -0.4 is 14.8 Å². The molecular weight excluding hydrogens is 380 g/mol. The molecule has 0 radical (unpaired) electrons. The number of carbonyl (C=O) groups is 1. The number of hydrogen-bond donors (Lipinski definition) is 1. The molecule has 8 heteroatoms. The van der Waals surface area contributed by atoms with Crippen LogP contribution in [0.1, 0.15) is 35.4 Å². The second-order valence-corrected chi connectivity index (χ2v) is 7.76. The number of halogens is 1. The Morgan fingerprint density at radius 1 is 1.36 bits per heavy atom. The van der Waals surface area contributed by atoms with Gasteiger partial charge in [0, 0.05) is 25.5 Å². The summed E-state index contributed by atoms with van der Waals surface area (Å²) < 4.78 is 13.0. The number of aromatic nitrogens is 2. The third kappa shape index (κ3) is 3.12. The first-order valence-corrected chi connectivity index (χ1v) is 9.54. The quantitative estimate of drug-likeness (QED) is 0.847. The van der Waals surface area contributed by atoms with Crippen molar-refractivity contribution in [2.24, 2.45) is 12.5 Å². The molecule has 1 N–H and O–H groups in total. The maximum absolute atomic E-state index is 13.6. The standard InChI is InChI=1S/C20H24N4O3.ClH/c1-23-10-9-22-17(23)12-24(16-11-20(16)5-7-21-8-6-20)19(25)14-3-2-4-15-18(14)27-13-26-15;/h2-4,9-10,16,21H,5-8,11-13H2,1H3;1H. The van der Waals surface area contributed by atoms with Crippen LogP contribution in [0.4, 0.5) is 0 Å². The minimum atomic E-state index is 0. The van der Waals surface area contributed by atoms with Gasteiger partial charge in [0.05, 0.1) is 12.1 Å². The number of para-hydroxylation sites is 1. The van der Waals surface area contributed by atoms with Gasteiger partial charge in [0.1, 0.15) is 5.82 Å². The van der Waals surface area contributed by atoms with Crippen molar-refractivity contribution in [3.8, 4) is 11.5 Å². The topological polar surface area (TPSA) is 68.6 Å². The lowest BCUT2D eigenvalue weighted by atomic mass is 9.93. The van der Waals surface area contributed by atoms with Crippen LogP contribution in [0, 0.1) is 5.41 Å². The molecule has 1 aromatic carbocycles. The molecule has 1 unspecified atom stereocenters. The predicted octanol–water partition coefficient (Wildman–Crippen LogP) is 2.36. The Balaban J connectivity index is 0.00000192. The lowest BCUT2D eigenvalue weighted by molar-refractivity contribution is 0.0681. The molecule has 1 saturated carbocycles. The maximum atomic E-state index is 13.6. The van der Waals surface area contributed by atoms with Crippen molar-refractivity contribution < 1.29 is 14.3 Å². The number of hydrogen-bond acceptors (Lipinski definition) is 5. The van der Waals surface area contributed by atoms with E-state index in [2.05, 4.69) is 10.3 Å². The summed E-state index contributed by atoms with van der Waals surface area (Å²) in [6.45, 7) is 2.72. The maximum Gasteiger partial charge on any atom is 0.258 e. The van der Waals surface area contributed by atoms with Crippen LogP contribution in [0.2, 0.25) is 0 Å². The number of piperidine rings is 1. The number of rotatable bonds is 4. The van der Waals surface area contributed by atoms with Crippen molar-refractivity contribution in [3.05, 3.63) is 42.0 Å². The van der Waals surface area contributed by atoms with Gasteiger partial charge in [-0.25, -0.2) is 4.98 Å². The Morgan fingerprint density at radius 2 is 2.18 bits per heavy atom. The molecule has 2 aromatic rings. The van der Waals surface area contributed by atoms with Gasteiger partial charge >= 0.3 is 0 Å². The number of fused-ring (bicyclic) bond motifs is 1. The molecule has 1 saturated heterocycles. The van der Waals surface area contributed by atoms with Crippen LogP contribution in [0.5, 0.6) is 11.5 Å². The van der Waals surface area contributed by atoms with E-state index in [1.807, 2.05) is 40.9 Å². The van der Waals surface area contributed by atoms with E-state index < -0.39 is 0 Å². The smallest absolute Gasteiger partial charge is 0.258 e. The number of ether oxygens (including phenoxy) is 2. The molecule has 28 heavy (non-hydrogen) atoms. The SMILES string of the molecule is Cl.Cn1ccnc1CN(C(=O)c1cccc2c1OCO2)C1CC12CCNCC2. The Labute approximate surface area is 170 Å². The van der Waals surface area contributed by atoms with E-state index in [1.165, 1.54) is 0 Å². The number of amides is 1. The van der Waals surface area contributed by atoms with E-state index in [1.54, 1.807) is 6.20 Å². The van der Waals surface area contributed by atoms with Crippen LogP contribution in [0.25, 0.3) is 0 Å². The van der Waals surface area contributed by atoms with Gasteiger partial charge in [-0.2, -0.15) is 0 Å². The average molecular weight is 405 g/mol. The highest BCUT2D eigenvalue weighted by atomic mass is 35.5. The molecule has 2 fully saturated rings. The third-order valence-electron chi connectivity index (χ3n) is 6.24. The van der Waals surface area contributed by atoms with Crippen LogP contribution >= 0.6 is 12.4 Å². The van der Waals surface area contributed by atoms with Gasteiger partial charge in [-0.05, 0) is 49.9 Å². The normalized spacial score (nSPS) is 21.2. The summed E-state index contributed by atoms with van der Waals surface area (Å²) in [5.41, 5.74) is 0.830. The molecule has 1 spiro atoms. The molecule has 150 valence electrons. The van der Waals surface area contributed by atoms with E-state index in [0.29, 0.717) is 23.6 Å². The van der Waals surface area contributed by atoms with Crippen molar-refractivity contribution in [2.45, 2.75) is 31.8 Å². The average Bonchev–Trinajstić information content (AvgIpc) is 3.03. The van der Waals surface area contributed by atoms with E-state index in [9.17, 15) is 4.79 Å². The van der Waals surface area contributed by atoms with E-state index >= 15 is 0 Å². The molecule has 1 aliphatic carbocycles. The number of aryl methyl sites for hydroxylation is 1. The molecule has 1 aromatic heterocycles. The van der Waals surface area contributed by atoms with Gasteiger partial charge in [0.25, 0.3) is 5.91 Å². The molecule has 1 atom stereocenters. The van der Waals surface area contributed by atoms with Crippen molar-refractivity contribution in [3.63, 3.8) is 0 Å². The highest BCUT2D eigenvalue weighted by Gasteiger charge is 2.58. The van der Waals surface area contributed by atoms with Gasteiger partial charge in [0.15, 0.2) is 11.5 Å². The molecule has 3 aliphatic rings. The first-order chi connectivity index (χ1) is 13.2. The largest absolute Gasteiger partial charge is 0.454 e. The van der Waals surface area contributed by atoms with Crippen LogP contribution in [0.15, 0.2) is 30.6 Å². The first-order valence-electron chi connectivity index (χ1n) is 9.54. The van der Waals surface area contributed by atoms with Gasteiger partial charge in [-0.1, -0.05) is 6.07 Å². The molecule has 7 nitrogen and oxygen atoms in total. The monoisotopic (exact) mass is 404 g/mol. The zero-order valence-corrected chi connectivity index (χ0v) is 16.7. The zero-order valence-electron chi connectivity index (χ0n) is 15.9. The Bertz CT molecular complexity index is 878. The van der Waals surface area contributed by atoms with Crippen molar-refractivity contribution in [1.29, 1.82) is 0 Å².